The number of hydrogen-bond donors (Lipinski definition) is 0. The Labute approximate surface area is 136 Å². The Morgan fingerprint density at radius 1 is 0.842 bits per heavy atom. The van der Waals surface area contributed by atoms with Gasteiger partial charge in [0.2, 0.25) is 0 Å². The second kappa shape index (κ2) is 8.83. The molecule has 0 aliphatic heterocycles. The molecule has 0 atom stereocenters. The molecule has 2 aromatic rings. The number of aromatic nitrogens is 2. The monoisotopic (exact) mass is 356 g/mol. The molecular weight excluding hydrogens is 349 g/mol. The number of hydrogen-bond acceptors (Lipinski definition) is 2. The van der Waals surface area contributed by atoms with E-state index < -0.39 is 9.67 Å². The van der Waals surface area contributed by atoms with Gasteiger partial charge in [-0.25, -0.2) is 4.98 Å². The van der Waals surface area contributed by atoms with E-state index in [-0.39, 0.29) is 0 Å². The maximum atomic E-state index is 5.54. The van der Waals surface area contributed by atoms with Gasteiger partial charge in [0, 0.05) is 18.0 Å². The van der Waals surface area contributed by atoms with Crippen molar-refractivity contribution in [3.05, 3.63) is 59.1 Å². The molecule has 0 fully saturated rings. The zero-order valence-corrected chi connectivity index (χ0v) is 13.3. The molecule has 2 heterocycles. The summed E-state index contributed by atoms with van der Waals surface area (Å²) in [6.07, 6.45) is 3.21. The second-order valence-corrected chi connectivity index (χ2v) is 5.85. The molecule has 102 valence electrons. The van der Waals surface area contributed by atoms with E-state index in [1.807, 2.05) is 12.1 Å². The van der Waals surface area contributed by atoms with Crippen molar-refractivity contribution in [2.45, 2.75) is 9.67 Å². The van der Waals surface area contributed by atoms with Gasteiger partial charge in [0.15, 0.2) is 0 Å². The normalized spacial score (nSPS) is 10.3. The van der Waals surface area contributed by atoms with Crippen molar-refractivity contribution in [2.24, 2.45) is 0 Å². The fourth-order valence-electron chi connectivity index (χ4n) is 1.02. The Morgan fingerprint density at radius 2 is 1.58 bits per heavy atom. The van der Waals surface area contributed by atoms with Crippen molar-refractivity contribution in [2.75, 3.05) is 0 Å². The summed E-state index contributed by atoms with van der Waals surface area (Å²) in [7, 11) is 0. The highest BCUT2D eigenvalue weighted by Gasteiger charge is 2.02. The molecule has 0 aromatic carbocycles. The summed E-state index contributed by atoms with van der Waals surface area (Å²) < 4.78 is 0. The molecule has 0 aliphatic rings. The van der Waals surface area contributed by atoms with Crippen LogP contribution in [0.2, 0.25) is 5.15 Å². The van der Waals surface area contributed by atoms with Crippen molar-refractivity contribution >= 4 is 58.0 Å². The number of nitrogens with zero attached hydrogens (tertiary/aromatic N) is 2. The van der Waals surface area contributed by atoms with Gasteiger partial charge in [-0.3, -0.25) is 4.98 Å². The Kier molecular flexibility index (Phi) is 7.81. The lowest BCUT2D eigenvalue weighted by Crippen LogP contribution is -1.83. The highest BCUT2D eigenvalue weighted by Crippen LogP contribution is 2.24. The van der Waals surface area contributed by atoms with Crippen LogP contribution in [0.4, 0.5) is 0 Å². The summed E-state index contributed by atoms with van der Waals surface area (Å²) in [5.74, 6) is 0. The summed E-state index contributed by atoms with van der Waals surface area (Å²) in [5.41, 5.74) is 1.45. The minimum Gasteiger partial charge on any atom is -0.258 e. The van der Waals surface area contributed by atoms with Crippen LogP contribution in [0.15, 0.2) is 42.7 Å². The molecule has 2 rings (SSSR count). The summed E-state index contributed by atoms with van der Waals surface area (Å²) in [5, 5.41) is 0.442. The van der Waals surface area contributed by atoms with Gasteiger partial charge in [-0.2, -0.15) is 0 Å². The minimum absolute atomic E-state index is 0.442. The summed E-state index contributed by atoms with van der Waals surface area (Å²) >= 11 is 27.6. The van der Waals surface area contributed by atoms with Crippen LogP contribution in [0.25, 0.3) is 0 Å². The fraction of sp³-hybridized carbons (Fsp3) is 0.167. The van der Waals surface area contributed by atoms with E-state index in [9.17, 15) is 0 Å². The van der Waals surface area contributed by atoms with Crippen LogP contribution in [0.1, 0.15) is 20.9 Å². The van der Waals surface area contributed by atoms with Gasteiger partial charge in [-0.15, -0.1) is 23.2 Å². The van der Waals surface area contributed by atoms with E-state index in [0.29, 0.717) is 10.8 Å². The van der Waals surface area contributed by atoms with Gasteiger partial charge in [0.1, 0.15) is 14.8 Å². The first kappa shape index (κ1) is 16.8. The van der Waals surface area contributed by atoms with E-state index in [2.05, 4.69) is 9.97 Å². The quantitative estimate of drug-likeness (QED) is 0.503. The first-order valence-corrected chi connectivity index (χ1v) is 7.21. The lowest BCUT2D eigenvalue weighted by Gasteiger charge is -1.98. The van der Waals surface area contributed by atoms with Crippen LogP contribution in [0, 0.1) is 0 Å². The van der Waals surface area contributed by atoms with Crippen LogP contribution in [-0.4, -0.2) is 9.97 Å². The lowest BCUT2D eigenvalue weighted by atomic mass is 10.3. The highest BCUT2D eigenvalue weighted by atomic mass is 35.5. The van der Waals surface area contributed by atoms with E-state index in [0.717, 1.165) is 5.56 Å². The third kappa shape index (κ3) is 6.64. The number of halogens is 5. The Balaban J connectivity index is 0.000000191. The van der Waals surface area contributed by atoms with E-state index in [1.54, 1.807) is 30.6 Å². The summed E-state index contributed by atoms with van der Waals surface area (Å²) in [4.78, 5) is 6.68. The molecule has 0 saturated heterocycles. The molecule has 2 aromatic heterocycles. The highest BCUT2D eigenvalue weighted by molar-refractivity contribution is 6.44. The molecule has 2 nitrogen and oxygen atoms in total. The van der Waals surface area contributed by atoms with Crippen LogP contribution >= 0.6 is 58.0 Å². The zero-order chi connectivity index (χ0) is 14.3. The van der Waals surface area contributed by atoms with Crippen molar-refractivity contribution in [1.82, 2.24) is 9.97 Å². The Morgan fingerprint density at radius 3 is 1.95 bits per heavy atom. The van der Waals surface area contributed by atoms with Gasteiger partial charge in [-0.05, 0) is 18.2 Å². The van der Waals surface area contributed by atoms with E-state index in [1.165, 1.54) is 0 Å². The predicted octanol–water partition coefficient (Wildman–Crippen LogP) is 5.77. The Bertz CT molecular complexity index is 473. The topological polar surface area (TPSA) is 25.8 Å². The molecule has 0 unspecified atom stereocenters. The molecule has 0 radical (unpaired) electrons. The van der Waals surface area contributed by atoms with Crippen molar-refractivity contribution < 1.29 is 0 Å². The SMILES string of the molecule is ClC(Cl)c1ccccn1.Clc1ccc(C(Cl)Cl)cn1. The number of pyridine rings is 2. The smallest absolute Gasteiger partial charge is 0.149 e. The van der Waals surface area contributed by atoms with Gasteiger partial charge < -0.3 is 0 Å². The minimum atomic E-state index is -0.523. The summed E-state index contributed by atoms with van der Waals surface area (Å²) in [6, 6.07) is 8.83. The van der Waals surface area contributed by atoms with Gasteiger partial charge in [-0.1, -0.05) is 46.9 Å². The second-order valence-electron chi connectivity index (χ2n) is 3.27. The van der Waals surface area contributed by atoms with Gasteiger partial charge in [0.25, 0.3) is 0 Å². The molecule has 0 bridgehead atoms. The lowest BCUT2D eigenvalue weighted by molar-refractivity contribution is 1.15. The van der Waals surface area contributed by atoms with Crippen molar-refractivity contribution in [3.8, 4) is 0 Å². The standard InChI is InChI=1S/C6H4Cl3N.C6H5Cl2N/c7-5-2-1-4(3-10-5)6(8)9;7-6(8)5-3-1-2-4-9-5/h1-3,6H;1-4,6H. The van der Waals surface area contributed by atoms with E-state index in [4.69, 9.17) is 58.0 Å². The number of alkyl halides is 4. The fourth-order valence-corrected chi connectivity index (χ4v) is 1.65. The molecule has 0 spiro atoms. The average Bonchev–Trinajstić information content (AvgIpc) is 2.41. The Hall–Kier alpha value is -0.250. The maximum Gasteiger partial charge on any atom is 0.149 e. The third-order valence-electron chi connectivity index (χ3n) is 1.91. The van der Waals surface area contributed by atoms with E-state index >= 15 is 0 Å². The van der Waals surface area contributed by atoms with Crippen molar-refractivity contribution in [3.63, 3.8) is 0 Å². The maximum absolute atomic E-state index is 5.54. The van der Waals surface area contributed by atoms with Crippen LogP contribution in [-0.2, 0) is 0 Å². The molecule has 0 N–H and O–H groups in total. The molecule has 0 amide bonds. The predicted molar refractivity (Wildman–Crippen MR) is 82.4 cm³/mol. The molecular formula is C12H9Cl5N2. The molecule has 0 saturated carbocycles. The number of rotatable bonds is 2. The van der Waals surface area contributed by atoms with Crippen LogP contribution in [0.5, 0.6) is 0 Å². The zero-order valence-electron chi connectivity index (χ0n) is 9.48. The first-order chi connectivity index (χ1) is 9.00. The largest absolute Gasteiger partial charge is 0.258 e. The average molecular weight is 358 g/mol. The van der Waals surface area contributed by atoms with Crippen molar-refractivity contribution in [1.29, 1.82) is 0 Å². The molecule has 0 aliphatic carbocycles. The summed E-state index contributed by atoms with van der Waals surface area (Å²) in [6.45, 7) is 0. The van der Waals surface area contributed by atoms with Crippen LogP contribution in [0.3, 0.4) is 0 Å². The first-order valence-electron chi connectivity index (χ1n) is 5.09. The third-order valence-corrected chi connectivity index (χ3v) is 3.09. The van der Waals surface area contributed by atoms with Gasteiger partial charge >= 0.3 is 0 Å². The molecule has 19 heavy (non-hydrogen) atoms. The molecule has 7 heteroatoms. The van der Waals surface area contributed by atoms with Gasteiger partial charge in [0.05, 0.1) is 5.69 Å². The van der Waals surface area contributed by atoms with Crippen LogP contribution < -0.4 is 0 Å².